The highest BCUT2D eigenvalue weighted by Crippen LogP contribution is 2.29. The Balaban J connectivity index is 2.08. The van der Waals surface area contributed by atoms with Crippen LogP contribution in [0.25, 0.3) is 0 Å². The molecule has 1 saturated heterocycles. The number of nitro benzene ring substituents is 1. The van der Waals surface area contributed by atoms with Gasteiger partial charge in [0, 0.05) is 37.8 Å². The van der Waals surface area contributed by atoms with Crippen molar-refractivity contribution in [2.75, 3.05) is 31.1 Å². The van der Waals surface area contributed by atoms with Crippen molar-refractivity contribution in [2.45, 2.75) is 26.4 Å². The minimum Gasteiger partial charge on any atom is -0.444 e. The number of benzene rings is 1. The number of carbonyl (C=O) groups excluding carboxylic acids is 2. The van der Waals surface area contributed by atoms with E-state index in [0.29, 0.717) is 38.2 Å². The van der Waals surface area contributed by atoms with Crippen LogP contribution in [0.2, 0.25) is 0 Å². The fourth-order valence-corrected chi connectivity index (χ4v) is 2.48. The highest BCUT2D eigenvalue weighted by Gasteiger charge is 2.28. The summed E-state index contributed by atoms with van der Waals surface area (Å²) in [5, 5.41) is 11.2. The molecule has 8 nitrogen and oxygen atoms in total. The predicted molar refractivity (Wildman–Crippen MR) is 88.5 cm³/mol. The number of carbonyl (C=O) groups is 2. The summed E-state index contributed by atoms with van der Waals surface area (Å²) in [5.41, 5.74) is 0.0510. The molecule has 1 aliphatic rings. The molecule has 0 aliphatic carbocycles. The van der Waals surface area contributed by atoms with E-state index >= 15 is 0 Å². The van der Waals surface area contributed by atoms with Gasteiger partial charge in [-0.2, -0.15) is 0 Å². The average molecular weight is 335 g/mol. The van der Waals surface area contributed by atoms with Gasteiger partial charge in [0.15, 0.2) is 0 Å². The summed E-state index contributed by atoms with van der Waals surface area (Å²) in [6.07, 6.45) is 0.199. The number of anilines is 1. The maximum atomic E-state index is 12.1. The summed E-state index contributed by atoms with van der Waals surface area (Å²) in [6, 6.07) is 4.39. The van der Waals surface area contributed by atoms with E-state index < -0.39 is 10.5 Å². The normalized spacial score (nSPS) is 15.1. The molecule has 0 bridgehead atoms. The van der Waals surface area contributed by atoms with Gasteiger partial charge in [0.1, 0.15) is 17.6 Å². The standard InChI is InChI=1S/C16H21N3O5/c1-16(2,3)24-15(21)18-8-6-17(7-9-18)13-5-4-12(11-20)10-14(13)19(22)23/h4-5,10-11H,6-9H2,1-3H3. The zero-order chi connectivity index (χ0) is 17.9. The molecule has 1 aliphatic heterocycles. The van der Waals surface area contributed by atoms with Gasteiger partial charge in [-0.05, 0) is 32.9 Å². The van der Waals surface area contributed by atoms with Gasteiger partial charge in [0.25, 0.3) is 5.69 Å². The van der Waals surface area contributed by atoms with Crippen molar-refractivity contribution in [3.63, 3.8) is 0 Å². The van der Waals surface area contributed by atoms with Crippen molar-refractivity contribution in [1.29, 1.82) is 0 Å². The summed E-state index contributed by atoms with van der Waals surface area (Å²) in [5.74, 6) is 0. The lowest BCUT2D eigenvalue weighted by Gasteiger charge is -2.36. The van der Waals surface area contributed by atoms with Crippen LogP contribution in [0.4, 0.5) is 16.2 Å². The van der Waals surface area contributed by atoms with Crippen molar-refractivity contribution in [1.82, 2.24) is 4.90 Å². The maximum absolute atomic E-state index is 12.1. The quantitative estimate of drug-likeness (QED) is 0.478. The van der Waals surface area contributed by atoms with Crippen molar-refractivity contribution in [3.8, 4) is 0 Å². The molecule has 0 radical (unpaired) electrons. The minimum absolute atomic E-state index is 0.106. The number of amides is 1. The third-order valence-corrected chi connectivity index (χ3v) is 3.60. The largest absolute Gasteiger partial charge is 0.444 e. The first-order chi connectivity index (χ1) is 11.2. The van der Waals surface area contributed by atoms with Gasteiger partial charge in [-0.15, -0.1) is 0 Å². The Labute approximate surface area is 140 Å². The smallest absolute Gasteiger partial charge is 0.410 e. The van der Waals surface area contributed by atoms with Crippen LogP contribution >= 0.6 is 0 Å². The molecule has 0 saturated carbocycles. The van der Waals surface area contributed by atoms with Crippen molar-refractivity contribution in [3.05, 3.63) is 33.9 Å². The van der Waals surface area contributed by atoms with Gasteiger partial charge in [-0.25, -0.2) is 4.79 Å². The van der Waals surface area contributed by atoms with Crippen LogP contribution in [0.3, 0.4) is 0 Å². The third-order valence-electron chi connectivity index (χ3n) is 3.60. The Hall–Kier alpha value is -2.64. The van der Waals surface area contributed by atoms with Crippen LogP contribution in [-0.4, -0.2) is 54.0 Å². The molecule has 130 valence electrons. The molecule has 1 heterocycles. The van der Waals surface area contributed by atoms with E-state index in [1.54, 1.807) is 37.8 Å². The van der Waals surface area contributed by atoms with E-state index in [4.69, 9.17) is 4.74 Å². The lowest BCUT2D eigenvalue weighted by molar-refractivity contribution is -0.384. The molecule has 0 aromatic heterocycles. The Morgan fingerprint density at radius 2 is 1.88 bits per heavy atom. The SMILES string of the molecule is CC(C)(C)OC(=O)N1CCN(c2ccc(C=O)cc2[N+](=O)[O-])CC1. The first kappa shape index (κ1) is 17.7. The molecule has 0 spiro atoms. The molecule has 1 aromatic carbocycles. The fraction of sp³-hybridized carbons (Fsp3) is 0.500. The first-order valence-corrected chi connectivity index (χ1v) is 7.68. The summed E-state index contributed by atoms with van der Waals surface area (Å²) < 4.78 is 5.33. The van der Waals surface area contributed by atoms with Crippen molar-refractivity contribution < 1.29 is 19.2 Å². The van der Waals surface area contributed by atoms with Crippen molar-refractivity contribution >= 4 is 23.8 Å². The van der Waals surface area contributed by atoms with Crippen LogP contribution < -0.4 is 4.90 Å². The van der Waals surface area contributed by atoms with E-state index in [0.717, 1.165) is 0 Å². The van der Waals surface area contributed by atoms with E-state index in [9.17, 15) is 19.7 Å². The van der Waals surface area contributed by atoms with Gasteiger partial charge in [0.2, 0.25) is 0 Å². The van der Waals surface area contributed by atoms with Gasteiger partial charge >= 0.3 is 6.09 Å². The Kier molecular flexibility index (Phi) is 5.06. The fourth-order valence-electron chi connectivity index (χ4n) is 2.48. The van der Waals surface area contributed by atoms with Gasteiger partial charge in [-0.1, -0.05) is 0 Å². The zero-order valence-corrected chi connectivity index (χ0v) is 14.0. The summed E-state index contributed by atoms with van der Waals surface area (Å²) in [4.78, 5) is 37.0. The van der Waals surface area contributed by atoms with E-state index in [2.05, 4.69) is 0 Å². The third kappa shape index (κ3) is 4.21. The first-order valence-electron chi connectivity index (χ1n) is 7.68. The van der Waals surface area contributed by atoms with Crippen LogP contribution in [0.15, 0.2) is 18.2 Å². The predicted octanol–water partition coefficient (Wildman–Crippen LogP) is 2.46. The molecule has 2 rings (SSSR count). The second kappa shape index (κ2) is 6.86. The Morgan fingerprint density at radius 1 is 1.25 bits per heavy atom. The lowest BCUT2D eigenvalue weighted by Crippen LogP contribution is -2.50. The van der Waals surface area contributed by atoms with Crippen LogP contribution in [-0.2, 0) is 4.74 Å². The monoisotopic (exact) mass is 335 g/mol. The summed E-state index contributed by atoms with van der Waals surface area (Å²) in [7, 11) is 0. The van der Waals surface area contributed by atoms with Gasteiger partial charge in [0.05, 0.1) is 4.92 Å². The molecule has 1 aromatic rings. The molecule has 0 atom stereocenters. The topological polar surface area (TPSA) is 93.0 Å². The summed E-state index contributed by atoms with van der Waals surface area (Å²) >= 11 is 0. The minimum atomic E-state index is -0.558. The number of piperazine rings is 1. The van der Waals surface area contributed by atoms with Crippen molar-refractivity contribution in [2.24, 2.45) is 0 Å². The molecular formula is C16H21N3O5. The molecule has 24 heavy (non-hydrogen) atoms. The number of nitro groups is 1. The zero-order valence-electron chi connectivity index (χ0n) is 14.0. The second-order valence-corrected chi connectivity index (χ2v) is 6.58. The molecule has 0 N–H and O–H groups in total. The summed E-state index contributed by atoms with van der Waals surface area (Å²) in [6.45, 7) is 7.17. The number of nitrogens with zero attached hydrogens (tertiary/aromatic N) is 3. The molecule has 1 fully saturated rings. The highest BCUT2D eigenvalue weighted by atomic mass is 16.6. The second-order valence-electron chi connectivity index (χ2n) is 6.58. The average Bonchev–Trinajstić information content (AvgIpc) is 2.52. The lowest BCUT2D eigenvalue weighted by atomic mass is 10.1. The molecule has 1 amide bonds. The number of aldehydes is 1. The van der Waals surface area contributed by atoms with Crippen LogP contribution in [0, 0.1) is 10.1 Å². The maximum Gasteiger partial charge on any atom is 0.410 e. The number of hydrogen-bond acceptors (Lipinski definition) is 6. The molecule has 8 heteroatoms. The van der Waals surface area contributed by atoms with E-state index in [1.807, 2.05) is 4.90 Å². The Bertz CT molecular complexity index is 646. The van der Waals surface area contributed by atoms with E-state index in [1.165, 1.54) is 6.07 Å². The number of ether oxygens (including phenoxy) is 1. The number of hydrogen-bond donors (Lipinski definition) is 0. The Morgan fingerprint density at radius 3 is 2.38 bits per heavy atom. The highest BCUT2D eigenvalue weighted by molar-refractivity contribution is 5.79. The van der Waals surface area contributed by atoms with E-state index in [-0.39, 0.29) is 17.3 Å². The molecular weight excluding hydrogens is 314 g/mol. The van der Waals surface area contributed by atoms with Gasteiger partial charge < -0.3 is 14.5 Å². The van der Waals surface area contributed by atoms with Crippen LogP contribution in [0.5, 0.6) is 0 Å². The van der Waals surface area contributed by atoms with Gasteiger partial charge in [-0.3, -0.25) is 14.9 Å². The molecule has 0 unspecified atom stereocenters. The number of rotatable bonds is 3. The van der Waals surface area contributed by atoms with Crippen LogP contribution in [0.1, 0.15) is 31.1 Å².